The summed E-state index contributed by atoms with van der Waals surface area (Å²) in [6, 6.07) is 20.9. The normalized spacial score (nSPS) is 15.8. The van der Waals surface area contributed by atoms with E-state index in [1.165, 1.54) is 0 Å². The number of hydrogen-bond acceptors (Lipinski definition) is 6. The maximum Gasteiger partial charge on any atom is 0.259 e. The number of carbonyl (C=O) groups excluding carboxylic acids is 2. The summed E-state index contributed by atoms with van der Waals surface area (Å²) in [5.41, 5.74) is 1.67. The lowest BCUT2D eigenvalue weighted by atomic mass is 10.1. The number of fused-ring (bicyclic) bond motifs is 3. The van der Waals surface area contributed by atoms with Gasteiger partial charge in [-0.15, -0.1) is 0 Å². The molecular formula is C26H26N2O6. The molecule has 0 radical (unpaired) electrons. The summed E-state index contributed by atoms with van der Waals surface area (Å²) in [7, 11) is 0. The molecule has 2 amide bonds. The van der Waals surface area contributed by atoms with Gasteiger partial charge in [0.05, 0.1) is 48.9 Å². The molecule has 0 aromatic heterocycles. The molecule has 1 heterocycles. The molecule has 0 saturated carbocycles. The summed E-state index contributed by atoms with van der Waals surface area (Å²) < 4.78 is 22.6. The number of ether oxygens (including phenoxy) is 4. The molecule has 0 atom stereocenters. The average Bonchev–Trinajstić information content (AvgIpc) is 2.86. The van der Waals surface area contributed by atoms with Crippen molar-refractivity contribution < 1.29 is 28.5 Å². The molecule has 0 saturated heterocycles. The zero-order valence-electron chi connectivity index (χ0n) is 18.6. The lowest BCUT2D eigenvalue weighted by Gasteiger charge is -2.16. The largest absolute Gasteiger partial charge is 0.490 e. The van der Waals surface area contributed by atoms with E-state index in [1.54, 1.807) is 72.8 Å². The average molecular weight is 463 g/mol. The summed E-state index contributed by atoms with van der Waals surface area (Å²) in [5.74, 6) is 0.179. The first-order chi connectivity index (χ1) is 16.7. The van der Waals surface area contributed by atoms with Crippen LogP contribution in [-0.4, -0.2) is 51.5 Å². The Bertz CT molecular complexity index is 1050. The van der Waals surface area contributed by atoms with Gasteiger partial charge in [0, 0.05) is 0 Å². The number of nitrogens with one attached hydrogen (secondary N) is 2. The maximum absolute atomic E-state index is 13.1. The quantitative estimate of drug-likeness (QED) is 0.525. The number of para-hydroxylation sites is 4. The number of rotatable bonds is 0. The zero-order valence-corrected chi connectivity index (χ0v) is 18.6. The Morgan fingerprint density at radius 3 is 1.35 bits per heavy atom. The van der Waals surface area contributed by atoms with Crippen LogP contribution in [0.15, 0.2) is 72.8 Å². The van der Waals surface area contributed by atoms with Crippen molar-refractivity contribution in [3.8, 4) is 11.5 Å². The Morgan fingerprint density at radius 2 is 0.882 bits per heavy atom. The highest BCUT2D eigenvalue weighted by Crippen LogP contribution is 2.26. The predicted molar refractivity (Wildman–Crippen MR) is 128 cm³/mol. The van der Waals surface area contributed by atoms with E-state index in [0.29, 0.717) is 60.4 Å². The molecule has 0 bridgehead atoms. The summed E-state index contributed by atoms with van der Waals surface area (Å²) in [6.07, 6.45) is 0. The van der Waals surface area contributed by atoms with E-state index in [0.717, 1.165) is 0 Å². The van der Waals surface area contributed by atoms with E-state index in [2.05, 4.69) is 10.6 Å². The fraction of sp³-hybridized carbons (Fsp3) is 0.231. The van der Waals surface area contributed by atoms with Gasteiger partial charge in [0.1, 0.15) is 24.7 Å². The Morgan fingerprint density at radius 1 is 0.500 bits per heavy atom. The molecule has 0 unspecified atom stereocenters. The second kappa shape index (κ2) is 11.8. The molecule has 0 spiro atoms. The van der Waals surface area contributed by atoms with Crippen molar-refractivity contribution in [3.63, 3.8) is 0 Å². The van der Waals surface area contributed by atoms with Crippen molar-refractivity contribution in [2.45, 2.75) is 0 Å². The Kier molecular flexibility index (Phi) is 8.10. The van der Waals surface area contributed by atoms with Crippen LogP contribution in [0.4, 0.5) is 11.4 Å². The van der Waals surface area contributed by atoms with E-state index in [-0.39, 0.29) is 25.0 Å². The zero-order chi connectivity index (χ0) is 23.6. The van der Waals surface area contributed by atoms with Crippen molar-refractivity contribution in [3.05, 3.63) is 83.9 Å². The minimum absolute atomic E-state index is 0.289. The highest BCUT2D eigenvalue weighted by atomic mass is 16.6. The van der Waals surface area contributed by atoms with Crippen LogP contribution in [0, 0.1) is 0 Å². The highest BCUT2D eigenvalue weighted by molar-refractivity contribution is 6.11. The van der Waals surface area contributed by atoms with Crippen LogP contribution in [0.2, 0.25) is 0 Å². The summed E-state index contributed by atoms with van der Waals surface area (Å²) in [6.45, 7) is 2.10. The van der Waals surface area contributed by atoms with E-state index < -0.39 is 0 Å². The minimum Gasteiger partial charge on any atom is -0.490 e. The SMILES string of the molecule is O=C1Nc2ccccc2NC(=O)c2ccccc2OCCOCCOCCOc2ccccc21. The molecule has 176 valence electrons. The first-order valence-corrected chi connectivity index (χ1v) is 11.0. The number of benzene rings is 3. The van der Waals surface area contributed by atoms with Crippen LogP contribution < -0.4 is 20.1 Å². The minimum atomic E-state index is -0.357. The van der Waals surface area contributed by atoms with Crippen molar-refractivity contribution in [1.29, 1.82) is 0 Å². The van der Waals surface area contributed by atoms with Gasteiger partial charge in [-0.3, -0.25) is 9.59 Å². The third-order valence-electron chi connectivity index (χ3n) is 5.03. The predicted octanol–water partition coefficient (Wildman–Crippen LogP) is 4.00. The van der Waals surface area contributed by atoms with Gasteiger partial charge in [0.15, 0.2) is 0 Å². The van der Waals surface area contributed by atoms with Gasteiger partial charge in [0.25, 0.3) is 11.8 Å². The molecule has 8 heteroatoms. The fourth-order valence-corrected chi connectivity index (χ4v) is 3.38. The van der Waals surface area contributed by atoms with Gasteiger partial charge < -0.3 is 29.6 Å². The van der Waals surface area contributed by atoms with E-state index >= 15 is 0 Å². The van der Waals surface area contributed by atoms with Gasteiger partial charge in [0.2, 0.25) is 0 Å². The maximum atomic E-state index is 13.1. The van der Waals surface area contributed by atoms with Crippen molar-refractivity contribution in [2.75, 3.05) is 50.3 Å². The molecule has 1 aliphatic rings. The van der Waals surface area contributed by atoms with Gasteiger partial charge in [-0.05, 0) is 36.4 Å². The monoisotopic (exact) mass is 462 g/mol. The molecule has 0 fully saturated rings. The number of amides is 2. The molecule has 3 aromatic rings. The third kappa shape index (κ3) is 6.12. The molecule has 1 aliphatic heterocycles. The first-order valence-electron chi connectivity index (χ1n) is 11.0. The van der Waals surface area contributed by atoms with E-state index in [1.807, 2.05) is 0 Å². The molecule has 8 nitrogen and oxygen atoms in total. The summed E-state index contributed by atoms with van der Waals surface area (Å²) in [5, 5.41) is 5.74. The first kappa shape index (κ1) is 23.3. The third-order valence-corrected chi connectivity index (χ3v) is 5.03. The lowest BCUT2D eigenvalue weighted by molar-refractivity contribution is 0.0272. The molecule has 4 rings (SSSR count). The smallest absolute Gasteiger partial charge is 0.259 e. The Hall–Kier alpha value is -3.88. The Balaban J connectivity index is 1.60. The van der Waals surface area contributed by atoms with Crippen LogP contribution in [-0.2, 0) is 9.47 Å². The molecule has 34 heavy (non-hydrogen) atoms. The van der Waals surface area contributed by atoms with E-state index in [4.69, 9.17) is 18.9 Å². The molecular weight excluding hydrogens is 436 g/mol. The van der Waals surface area contributed by atoms with Crippen molar-refractivity contribution in [1.82, 2.24) is 0 Å². The second-order valence-electron chi connectivity index (χ2n) is 7.37. The number of carbonyl (C=O) groups is 2. The van der Waals surface area contributed by atoms with Crippen LogP contribution >= 0.6 is 0 Å². The highest BCUT2D eigenvalue weighted by Gasteiger charge is 2.17. The van der Waals surface area contributed by atoms with Crippen LogP contribution in [0.1, 0.15) is 20.7 Å². The number of hydrogen-bond donors (Lipinski definition) is 2. The topological polar surface area (TPSA) is 95.1 Å². The standard InChI is InChI=1S/C26H26N2O6/c29-25-19-7-1-5-11-23(19)33-17-15-31-13-14-32-16-18-34-24-12-6-2-8-20(24)26(30)28-22-10-4-3-9-21(22)27-25/h1-12H,13-18H2,(H,27,29)(H,28,30). The lowest BCUT2D eigenvalue weighted by Crippen LogP contribution is -2.19. The molecule has 2 N–H and O–H groups in total. The van der Waals surface area contributed by atoms with Gasteiger partial charge >= 0.3 is 0 Å². The van der Waals surface area contributed by atoms with E-state index in [9.17, 15) is 9.59 Å². The molecule has 3 aromatic carbocycles. The van der Waals surface area contributed by atoms with Crippen LogP contribution in [0.25, 0.3) is 0 Å². The van der Waals surface area contributed by atoms with Gasteiger partial charge in [-0.25, -0.2) is 0 Å². The number of anilines is 2. The van der Waals surface area contributed by atoms with Crippen LogP contribution in [0.5, 0.6) is 11.5 Å². The van der Waals surface area contributed by atoms with Crippen molar-refractivity contribution in [2.24, 2.45) is 0 Å². The fourth-order valence-electron chi connectivity index (χ4n) is 3.38. The second-order valence-corrected chi connectivity index (χ2v) is 7.37. The van der Waals surface area contributed by atoms with Crippen molar-refractivity contribution >= 4 is 23.2 Å². The van der Waals surface area contributed by atoms with Gasteiger partial charge in [-0.1, -0.05) is 36.4 Å². The summed E-state index contributed by atoms with van der Waals surface area (Å²) in [4.78, 5) is 26.1. The summed E-state index contributed by atoms with van der Waals surface area (Å²) >= 11 is 0. The Labute approximate surface area is 197 Å². The molecule has 0 aliphatic carbocycles. The van der Waals surface area contributed by atoms with Gasteiger partial charge in [-0.2, -0.15) is 0 Å². The van der Waals surface area contributed by atoms with Crippen LogP contribution in [0.3, 0.4) is 0 Å².